The number of amides is 1. The molecule has 0 atom stereocenters. The lowest BCUT2D eigenvalue weighted by molar-refractivity contribution is 0.0636. The molecule has 7 heteroatoms. The zero-order valence-electron chi connectivity index (χ0n) is 18.5. The number of nitrogens with one attached hydrogen (secondary N) is 3. The van der Waals surface area contributed by atoms with Crippen LogP contribution in [0.5, 0.6) is 0 Å². The van der Waals surface area contributed by atoms with Crippen molar-refractivity contribution in [2.75, 3.05) is 45.6 Å². The van der Waals surface area contributed by atoms with Gasteiger partial charge in [0.1, 0.15) is 5.60 Å². The number of hydrogen-bond acceptors (Lipinski definition) is 4. The van der Waals surface area contributed by atoms with E-state index in [9.17, 15) is 4.79 Å². The molecular weight excluding hydrogens is 366 g/mol. The lowest BCUT2D eigenvalue weighted by atomic mass is 9.97. The van der Waals surface area contributed by atoms with E-state index in [0.29, 0.717) is 0 Å². The second-order valence-electron chi connectivity index (χ2n) is 8.70. The van der Waals surface area contributed by atoms with Gasteiger partial charge in [-0.25, -0.2) is 4.79 Å². The van der Waals surface area contributed by atoms with Crippen LogP contribution >= 0.6 is 0 Å². The molecule has 0 aliphatic carbocycles. The third kappa shape index (κ3) is 9.17. The van der Waals surface area contributed by atoms with E-state index in [1.165, 1.54) is 31.5 Å². The number of anilines is 1. The number of ether oxygens (including phenoxy) is 1. The molecule has 162 valence electrons. The first kappa shape index (κ1) is 23.0. The van der Waals surface area contributed by atoms with Gasteiger partial charge in [-0.1, -0.05) is 12.1 Å². The van der Waals surface area contributed by atoms with Gasteiger partial charge in [0.2, 0.25) is 0 Å². The van der Waals surface area contributed by atoms with Gasteiger partial charge in [0.25, 0.3) is 0 Å². The van der Waals surface area contributed by atoms with Gasteiger partial charge in [0, 0.05) is 25.8 Å². The van der Waals surface area contributed by atoms with Crippen LogP contribution in [0.2, 0.25) is 0 Å². The Morgan fingerprint density at radius 2 is 1.83 bits per heavy atom. The van der Waals surface area contributed by atoms with Gasteiger partial charge in [-0.15, -0.1) is 0 Å². The monoisotopic (exact) mass is 403 g/mol. The number of guanidine groups is 1. The fourth-order valence-corrected chi connectivity index (χ4v) is 3.23. The number of hydrogen-bond donors (Lipinski definition) is 3. The SMILES string of the molecule is CN=C(NCCc1ccc(NC(=O)OC(C)(C)C)cc1)NCC1CCN(C)CC1. The molecule has 3 N–H and O–H groups in total. The van der Waals surface area contributed by atoms with Crippen LogP contribution in [-0.4, -0.2) is 62.8 Å². The molecular formula is C22H37N5O2. The molecule has 1 amide bonds. The number of piperidine rings is 1. The molecule has 0 saturated carbocycles. The summed E-state index contributed by atoms with van der Waals surface area (Å²) >= 11 is 0. The van der Waals surface area contributed by atoms with E-state index in [4.69, 9.17) is 4.74 Å². The minimum absolute atomic E-state index is 0.439. The van der Waals surface area contributed by atoms with Gasteiger partial charge in [0.05, 0.1) is 0 Å². The van der Waals surface area contributed by atoms with E-state index in [0.717, 1.165) is 37.1 Å². The van der Waals surface area contributed by atoms with Crippen LogP contribution in [0.15, 0.2) is 29.3 Å². The van der Waals surface area contributed by atoms with E-state index in [1.54, 1.807) is 7.05 Å². The summed E-state index contributed by atoms with van der Waals surface area (Å²) in [6, 6.07) is 7.82. The number of nitrogens with zero attached hydrogens (tertiary/aromatic N) is 2. The van der Waals surface area contributed by atoms with Crippen molar-refractivity contribution in [2.45, 2.75) is 45.6 Å². The summed E-state index contributed by atoms with van der Waals surface area (Å²) in [6.45, 7) is 9.66. The van der Waals surface area contributed by atoms with Crippen molar-refractivity contribution in [1.82, 2.24) is 15.5 Å². The van der Waals surface area contributed by atoms with Crippen LogP contribution in [-0.2, 0) is 11.2 Å². The topological polar surface area (TPSA) is 78.0 Å². The minimum atomic E-state index is -0.504. The third-order valence-corrected chi connectivity index (χ3v) is 4.93. The number of carbonyl (C=O) groups excluding carboxylic acids is 1. The molecule has 1 aromatic carbocycles. The highest BCUT2D eigenvalue weighted by molar-refractivity contribution is 5.84. The van der Waals surface area contributed by atoms with Gasteiger partial charge < -0.3 is 20.3 Å². The predicted molar refractivity (Wildman–Crippen MR) is 120 cm³/mol. The highest BCUT2D eigenvalue weighted by atomic mass is 16.6. The lowest BCUT2D eigenvalue weighted by Gasteiger charge is -2.29. The molecule has 2 rings (SSSR count). The van der Waals surface area contributed by atoms with Gasteiger partial charge in [-0.2, -0.15) is 0 Å². The normalized spacial score (nSPS) is 16.4. The van der Waals surface area contributed by atoms with E-state index < -0.39 is 11.7 Å². The van der Waals surface area contributed by atoms with Crippen molar-refractivity contribution in [3.8, 4) is 0 Å². The molecule has 0 radical (unpaired) electrons. The van der Waals surface area contributed by atoms with Crippen LogP contribution in [0.3, 0.4) is 0 Å². The van der Waals surface area contributed by atoms with Crippen molar-refractivity contribution in [3.05, 3.63) is 29.8 Å². The zero-order chi connectivity index (χ0) is 21.3. The van der Waals surface area contributed by atoms with Crippen LogP contribution < -0.4 is 16.0 Å². The Kier molecular flexibility index (Phi) is 8.76. The van der Waals surface area contributed by atoms with Crippen LogP contribution in [0.1, 0.15) is 39.2 Å². The number of likely N-dealkylation sites (tertiary alicyclic amines) is 1. The number of rotatable bonds is 6. The molecule has 7 nitrogen and oxygen atoms in total. The van der Waals surface area contributed by atoms with E-state index in [2.05, 4.69) is 32.9 Å². The second-order valence-corrected chi connectivity index (χ2v) is 8.70. The molecule has 0 unspecified atom stereocenters. The molecule has 0 spiro atoms. The first-order valence-corrected chi connectivity index (χ1v) is 10.5. The Labute approximate surface area is 175 Å². The molecule has 29 heavy (non-hydrogen) atoms. The fourth-order valence-electron chi connectivity index (χ4n) is 3.23. The van der Waals surface area contributed by atoms with E-state index in [1.807, 2.05) is 45.0 Å². The molecule has 1 aromatic rings. The molecule has 1 heterocycles. The van der Waals surface area contributed by atoms with Gasteiger partial charge >= 0.3 is 6.09 Å². The maximum atomic E-state index is 11.8. The van der Waals surface area contributed by atoms with E-state index >= 15 is 0 Å². The van der Waals surface area contributed by atoms with Crippen molar-refractivity contribution in [3.63, 3.8) is 0 Å². The quantitative estimate of drug-likeness (QED) is 0.503. The van der Waals surface area contributed by atoms with Crippen molar-refractivity contribution in [2.24, 2.45) is 10.9 Å². The molecule has 1 saturated heterocycles. The summed E-state index contributed by atoms with van der Waals surface area (Å²) in [5.74, 6) is 1.57. The fraction of sp³-hybridized carbons (Fsp3) is 0.636. The van der Waals surface area contributed by atoms with Crippen LogP contribution in [0.25, 0.3) is 0 Å². The average Bonchev–Trinajstić information content (AvgIpc) is 2.65. The summed E-state index contributed by atoms with van der Waals surface area (Å²) < 4.78 is 5.26. The summed E-state index contributed by atoms with van der Waals surface area (Å²) in [5.41, 5.74) is 1.42. The Bertz CT molecular complexity index is 659. The molecule has 0 bridgehead atoms. The minimum Gasteiger partial charge on any atom is -0.444 e. The predicted octanol–water partition coefficient (Wildman–Crippen LogP) is 3.08. The first-order valence-electron chi connectivity index (χ1n) is 10.5. The summed E-state index contributed by atoms with van der Waals surface area (Å²) in [5, 5.41) is 9.58. The Balaban J connectivity index is 1.68. The number of aliphatic imine (C=N–C) groups is 1. The average molecular weight is 404 g/mol. The van der Waals surface area contributed by atoms with Crippen molar-refractivity contribution in [1.29, 1.82) is 0 Å². The summed E-state index contributed by atoms with van der Waals surface area (Å²) in [7, 11) is 3.99. The maximum absolute atomic E-state index is 11.8. The summed E-state index contributed by atoms with van der Waals surface area (Å²) in [6.07, 6.45) is 2.92. The van der Waals surface area contributed by atoms with Crippen LogP contribution in [0, 0.1) is 5.92 Å². The largest absolute Gasteiger partial charge is 0.444 e. The Hall–Kier alpha value is -2.28. The van der Waals surface area contributed by atoms with Crippen molar-refractivity contribution >= 4 is 17.7 Å². The van der Waals surface area contributed by atoms with Crippen molar-refractivity contribution < 1.29 is 9.53 Å². The number of benzene rings is 1. The third-order valence-electron chi connectivity index (χ3n) is 4.93. The maximum Gasteiger partial charge on any atom is 0.412 e. The van der Waals surface area contributed by atoms with E-state index in [-0.39, 0.29) is 0 Å². The molecule has 1 aliphatic heterocycles. The van der Waals surface area contributed by atoms with Gasteiger partial charge in [-0.05, 0) is 83.8 Å². The van der Waals surface area contributed by atoms with Gasteiger partial charge in [-0.3, -0.25) is 10.3 Å². The summed E-state index contributed by atoms with van der Waals surface area (Å²) in [4.78, 5) is 18.5. The smallest absolute Gasteiger partial charge is 0.412 e. The zero-order valence-corrected chi connectivity index (χ0v) is 18.5. The highest BCUT2D eigenvalue weighted by Gasteiger charge is 2.17. The Morgan fingerprint density at radius 1 is 1.17 bits per heavy atom. The second kappa shape index (κ2) is 11.0. The molecule has 1 fully saturated rings. The van der Waals surface area contributed by atoms with Gasteiger partial charge in [0.15, 0.2) is 5.96 Å². The molecule has 1 aliphatic rings. The van der Waals surface area contributed by atoms with Crippen LogP contribution in [0.4, 0.5) is 10.5 Å². The number of carbonyl (C=O) groups is 1. The standard InChI is InChI=1S/C22H37N5O2/c1-22(2,3)29-21(28)26-19-8-6-17(7-9-19)10-13-24-20(23-4)25-16-18-11-14-27(5)15-12-18/h6-9,18H,10-16H2,1-5H3,(H,26,28)(H2,23,24,25). The first-order chi connectivity index (χ1) is 13.7. The Morgan fingerprint density at radius 3 is 2.41 bits per heavy atom. The highest BCUT2D eigenvalue weighted by Crippen LogP contribution is 2.15. The molecule has 0 aromatic heterocycles. The lowest BCUT2D eigenvalue weighted by Crippen LogP contribution is -2.42.